The lowest BCUT2D eigenvalue weighted by atomic mass is 10.1. The number of hydrogen-bond donors (Lipinski definition) is 2. The average Bonchev–Trinajstić information content (AvgIpc) is 3.13. The zero-order valence-electron chi connectivity index (χ0n) is 15.3. The highest BCUT2D eigenvalue weighted by Crippen LogP contribution is 2.45. The van der Waals surface area contributed by atoms with Crippen LogP contribution in [0.15, 0.2) is 61.1 Å². The van der Waals surface area contributed by atoms with E-state index >= 15 is 0 Å². The van der Waals surface area contributed by atoms with Gasteiger partial charge in [-0.25, -0.2) is 9.78 Å². The first-order valence-corrected chi connectivity index (χ1v) is 9.74. The molecule has 0 fully saturated rings. The Morgan fingerprint density at radius 2 is 1.97 bits per heavy atom. The lowest BCUT2D eigenvalue weighted by Gasteiger charge is -2.28. The van der Waals surface area contributed by atoms with Crippen LogP contribution in [0.4, 0.5) is 21.9 Å². The van der Waals surface area contributed by atoms with Crippen LogP contribution in [0, 0.1) is 0 Å². The molecule has 2 N–H and O–H groups in total. The Hall–Kier alpha value is -3.78. The summed E-state index contributed by atoms with van der Waals surface area (Å²) in [5, 5.41) is 6.23. The lowest BCUT2D eigenvalue weighted by Crippen LogP contribution is -2.34. The minimum atomic E-state index is -0.347. The molecule has 5 rings (SSSR count). The Labute approximate surface area is 170 Å². The van der Waals surface area contributed by atoms with Crippen LogP contribution in [0.2, 0.25) is 0 Å². The van der Waals surface area contributed by atoms with Gasteiger partial charge in [0, 0.05) is 25.0 Å². The number of thiophene rings is 1. The number of rotatable bonds is 3. The fourth-order valence-electron chi connectivity index (χ4n) is 3.45. The number of anilines is 3. The smallest absolute Gasteiger partial charge is 0.331 e. The molecule has 29 heavy (non-hydrogen) atoms. The normalized spacial score (nSPS) is 12.7. The van der Waals surface area contributed by atoms with E-state index in [1.54, 1.807) is 36.6 Å². The number of nitrogens with one attached hydrogen (secondary N) is 2. The first-order valence-electron chi connectivity index (χ1n) is 8.92. The summed E-state index contributed by atoms with van der Waals surface area (Å²) in [6, 6.07) is 13.2. The quantitative estimate of drug-likeness (QED) is 0.533. The van der Waals surface area contributed by atoms with Gasteiger partial charge in [-0.15, -0.1) is 11.3 Å². The fraction of sp³-hybridized carbons (Fsp3) is 0.0476. The number of carbonyl (C=O) groups is 2. The van der Waals surface area contributed by atoms with E-state index in [0.717, 1.165) is 16.5 Å². The molecule has 1 aromatic carbocycles. The number of urea groups is 1. The highest BCUT2D eigenvalue weighted by atomic mass is 32.1. The maximum absolute atomic E-state index is 13.0. The number of nitrogens with zero attached hydrogens (tertiary/aromatic N) is 3. The van der Waals surface area contributed by atoms with Crippen LogP contribution in [-0.2, 0) is 0 Å². The van der Waals surface area contributed by atoms with Gasteiger partial charge in [-0.05, 0) is 17.7 Å². The van der Waals surface area contributed by atoms with Gasteiger partial charge in [0.2, 0.25) is 0 Å². The summed E-state index contributed by atoms with van der Waals surface area (Å²) in [6.07, 6.45) is 5.06. The largest absolute Gasteiger partial charge is 0.354 e. The predicted octanol–water partition coefficient (Wildman–Crippen LogP) is 4.40. The van der Waals surface area contributed by atoms with Crippen molar-refractivity contribution in [2.75, 3.05) is 17.3 Å². The molecule has 8 heteroatoms. The lowest BCUT2D eigenvalue weighted by molar-refractivity contribution is 0.0968. The molecule has 0 bridgehead atoms. The molecule has 142 valence electrons. The van der Waals surface area contributed by atoms with E-state index in [1.165, 1.54) is 11.3 Å². The third kappa shape index (κ3) is 2.73. The van der Waals surface area contributed by atoms with Crippen molar-refractivity contribution in [3.8, 4) is 11.1 Å². The summed E-state index contributed by atoms with van der Waals surface area (Å²) in [4.78, 5) is 36.7. The van der Waals surface area contributed by atoms with Crippen LogP contribution in [0.3, 0.4) is 0 Å². The summed E-state index contributed by atoms with van der Waals surface area (Å²) in [6.45, 7) is 0. The molecule has 3 aromatic heterocycles. The third-order valence-electron chi connectivity index (χ3n) is 4.77. The van der Waals surface area contributed by atoms with Gasteiger partial charge in [0.1, 0.15) is 9.71 Å². The third-order valence-corrected chi connectivity index (χ3v) is 5.86. The van der Waals surface area contributed by atoms with Crippen molar-refractivity contribution in [1.29, 1.82) is 0 Å². The molecule has 0 saturated heterocycles. The van der Waals surface area contributed by atoms with E-state index in [0.29, 0.717) is 26.8 Å². The van der Waals surface area contributed by atoms with Crippen molar-refractivity contribution in [3.63, 3.8) is 0 Å². The first kappa shape index (κ1) is 17.3. The molecule has 3 amide bonds. The zero-order valence-corrected chi connectivity index (χ0v) is 16.2. The maximum Gasteiger partial charge on any atom is 0.331 e. The SMILES string of the molecule is CNC(=O)c1sc2nccc3c2c1NC(=O)N3c1cncc(-c2ccccc2)c1. The summed E-state index contributed by atoms with van der Waals surface area (Å²) in [7, 11) is 1.56. The number of benzene rings is 1. The number of pyridine rings is 2. The second-order valence-electron chi connectivity index (χ2n) is 6.46. The van der Waals surface area contributed by atoms with Crippen LogP contribution < -0.4 is 15.5 Å². The minimum absolute atomic E-state index is 0.254. The number of carbonyl (C=O) groups excluding carboxylic acids is 2. The van der Waals surface area contributed by atoms with Gasteiger partial charge < -0.3 is 10.6 Å². The van der Waals surface area contributed by atoms with Crippen molar-refractivity contribution < 1.29 is 9.59 Å². The standard InChI is InChI=1S/C21H15N5O2S/c1-22-19(27)18-17-16-15(7-8-24-20(16)29-18)26(21(28)25-17)14-9-13(10-23-11-14)12-5-3-2-4-6-12/h2-11H,1H3,(H,22,27)(H,25,28). The first-order chi connectivity index (χ1) is 14.2. The molecule has 0 spiro atoms. The van der Waals surface area contributed by atoms with Crippen molar-refractivity contribution >= 4 is 50.6 Å². The van der Waals surface area contributed by atoms with Crippen LogP contribution in [0.25, 0.3) is 21.3 Å². The second-order valence-corrected chi connectivity index (χ2v) is 7.46. The summed E-state index contributed by atoms with van der Waals surface area (Å²) < 4.78 is 0. The van der Waals surface area contributed by atoms with Gasteiger partial charge in [0.15, 0.2) is 0 Å². The highest BCUT2D eigenvalue weighted by Gasteiger charge is 2.32. The Morgan fingerprint density at radius 1 is 1.14 bits per heavy atom. The highest BCUT2D eigenvalue weighted by molar-refractivity contribution is 7.21. The summed E-state index contributed by atoms with van der Waals surface area (Å²) in [5.41, 5.74) is 3.73. The minimum Gasteiger partial charge on any atom is -0.354 e. The van der Waals surface area contributed by atoms with Gasteiger partial charge in [-0.3, -0.25) is 14.7 Å². The Bertz CT molecular complexity index is 1270. The fourth-order valence-corrected chi connectivity index (χ4v) is 4.52. The Morgan fingerprint density at radius 3 is 2.76 bits per heavy atom. The molecule has 1 aliphatic heterocycles. The van der Waals surface area contributed by atoms with E-state index in [2.05, 4.69) is 20.6 Å². The molecular weight excluding hydrogens is 386 g/mol. The van der Waals surface area contributed by atoms with Crippen LogP contribution in [0.1, 0.15) is 9.67 Å². The molecule has 0 aliphatic carbocycles. The van der Waals surface area contributed by atoms with Gasteiger partial charge in [-0.1, -0.05) is 30.3 Å². The van der Waals surface area contributed by atoms with Crippen LogP contribution in [0.5, 0.6) is 0 Å². The Kier molecular flexibility index (Phi) is 3.99. The van der Waals surface area contributed by atoms with E-state index in [-0.39, 0.29) is 11.9 Å². The molecule has 0 saturated carbocycles. The molecular formula is C21H15N5O2S. The van der Waals surface area contributed by atoms with Gasteiger partial charge in [-0.2, -0.15) is 0 Å². The second kappa shape index (κ2) is 6.68. The number of aromatic nitrogens is 2. The molecule has 0 atom stereocenters. The average molecular weight is 401 g/mol. The van der Waals surface area contributed by atoms with Crippen LogP contribution in [-0.4, -0.2) is 29.0 Å². The topological polar surface area (TPSA) is 87.2 Å². The van der Waals surface area contributed by atoms with Crippen molar-refractivity contribution in [2.45, 2.75) is 0 Å². The number of hydrogen-bond acceptors (Lipinski definition) is 5. The molecule has 4 aromatic rings. The number of amides is 3. The van der Waals surface area contributed by atoms with E-state index < -0.39 is 0 Å². The van der Waals surface area contributed by atoms with Gasteiger partial charge in [0.05, 0.1) is 28.6 Å². The molecule has 0 unspecified atom stereocenters. The monoisotopic (exact) mass is 401 g/mol. The van der Waals surface area contributed by atoms with E-state index in [9.17, 15) is 9.59 Å². The van der Waals surface area contributed by atoms with Crippen molar-refractivity contribution in [2.24, 2.45) is 0 Å². The zero-order chi connectivity index (χ0) is 20.0. The van der Waals surface area contributed by atoms with Crippen LogP contribution >= 0.6 is 11.3 Å². The Balaban J connectivity index is 1.68. The summed E-state index contributed by atoms with van der Waals surface area (Å²) in [5.74, 6) is -0.254. The maximum atomic E-state index is 13.0. The van der Waals surface area contributed by atoms with Gasteiger partial charge >= 0.3 is 6.03 Å². The van der Waals surface area contributed by atoms with Crippen molar-refractivity contribution in [1.82, 2.24) is 15.3 Å². The molecule has 7 nitrogen and oxygen atoms in total. The van der Waals surface area contributed by atoms with Gasteiger partial charge in [0.25, 0.3) is 5.91 Å². The van der Waals surface area contributed by atoms with E-state index in [4.69, 9.17) is 0 Å². The molecule has 0 radical (unpaired) electrons. The summed E-state index contributed by atoms with van der Waals surface area (Å²) >= 11 is 1.25. The van der Waals surface area contributed by atoms with E-state index in [1.807, 2.05) is 36.4 Å². The molecule has 4 heterocycles. The predicted molar refractivity (Wildman–Crippen MR) is 114 cm³/mol. The van der Waals surface area contributed by atoms with Crippen molar-refractivity contribution in [3.05, 3.63) is 65.9 Å². The molecule has 1 aliphatic rings.